The summed E-state index contributed by atoms with van der Waals surface area (Å²) >= 11 is 4.53. The number of thioether (sulfide) groups is 2. The predicted octanol–water partition coefficient (Wildman–Crippen LogP) is 4.26. The molecule has 0 radical (unpaired) electrons. The molecule has 1 aliphatic heterocycles. The molecule has 0 aromatic heterocycles. The van der Waals surface area contributed by atoms with Crippen molar-refractivity contribution in [1.82, 2.24) is 0 Å². The van der Waals surface area contributed by atoms with Crippen LogP contribution in [0.3, 0.4) is 0 Å². The SMILES string of the molecule is C#CC1CCC(C2SCC(C3CC3)CS2)CC1. The third kappa shape index (κ3) is 2.99. The molecule has 3 rings (SSSR count). The minimum absolute atomic E-state index is 0.587. The molecule has 0 nitrogen and oxygen atoms in total. The summed E-state index contributed by atoms with van der Waals surface area (Å²) < 4.78 is 0.892. The number of hydrogen-bond acceptors (Lipinski definition) is 2. The molecule has 94 valence electrons. The maximum Gasteiger partial charge on any atom is 0.0530 e. The first-order valence-corrected chi connectivity index (χ1v) is 9.16. The summed E-state index contributed by atoms with van der Waals surface area (Å²) in [6, 6.07) is 0. The zero-order valence-corrected chi connectivity index (χ0v) is 12.1. The van der Waals surface area contributed by atoms with Crippen molar-refractivity contribution in [3.05, 3.63) is 0 Å². The molecule has 1 saturated heterocycles. The molecule has 2 saturated carbocycles. The predicted molar refractivity (Wildman–Crippen MR) is 79.2 cm³/mol. The Bertz CT molecular complexity index is 287. The third-order valence-corrected chi connectivity index (χ3v) is 8.11. The van der Waals surface area contributed by atoms with E-state index in [1.807, 2.05) is 0 Å². The maximum atomic E-state index is 5.53. The van der Waals surface area contributed by atoms with E-state index in [9.17, 15) is 0 Å². The normalized spacial score (nSPS) is 43.0. The molecule has 0 N–H and O–H groups in total. The highest BCUT2D eigenvalue weighted by molar-refractivity contribution is 8.17. The second-order valence-corrected chi connectivity index (χ2v) is 8.56. The number of terminal acetylenes is 1. The van der Waals surface area contributed by atoms with Crippen molar-refractivity contribution >= 4 is 23.5 Å². The van der Waals surface area contributed by atoms with Crippen LogP contribution in [-0.4, -0.2) is 16.1 Å². The minimum Gasteiger partial charge on any atom is -0.147 e. The van der Waals surface area contributed by atoms with Crippen molar-refractivity contribution in [2.75, 3.05) is 11.5 Å². The van der Waals surface area contributed by atoms with E-state index in [-0.39, 0.29) is 0 Å². The summed E-state index contributed by atoms with van der Waals surface area (Å²) in [5.41, 5.74) is 0. The van der Waals surface area contributed by atoms with E-state index < -0.39 is 0 Å². The number of hydrogen-bond donors (Lipinski definition) is 0. The summed E-state index contributed by atoms with van der Waals surface area (Å²) in [6.45, 7) is 0. The molecular weight excluding hydrogens is 244 g/mol. The van der Waals surface area contributed by atoms with Crippen LogP contribution in [0.25, 0.3) is 0 Å². The van der Waals surface area contributed by atoms with Crippen molar-refractivity contribution in [3.8, 4) is 12.3 Å². The molecule has 17 heavy (non-hydrogen) atoms. The van der Waals surface area contributed by atoms with Gasteiger partial charge < -0.3 is 0 Å². The lowest BCUT2D eigenvalue weighted by Crippen LogP contribution is -2.27. The second-order valence-electron chi connectivity index (χ2n) is 5.91. The van der Waals surface area contributed by atoms with Crippen LogP contribution in [0.5, 0.6) is 0 Å². The zero-order valence-electron chi connectivity index (χ0n) is 10.4. The molecule has 2 aliphatic carbocycles. The van der Waals surface area contributed by atoms with Gasteiger partial charge in [-0.05, 0) is 67.8 Å². The lowest BCUT2D eigenvalue weighted by Gasteiger charge is -2.36. The summed E-state index contributed by atoms with van der Waals surface area (Å²) in [6.07, 6.45) is 13.9. The lowest BCUT2D eigenvalue weighted by atomic mass is 9.83. The van der Waals surface area contributed by atoms with Gasteiger partial charge in [-0.15, -0.1) is 35.9 Å². The van der Waals surface area contributed by atoms with Crippen molar-refractivity contribution in [2.45, 2.75) is 43.1 Å². The Morgan fingerprint density at radius 2 is 1.35 bits per heavy atom. The highest BCUT2D eigenvalue weighted by atomic mass is 32.2. The first kappa shape index (κ1) is 12.3. The van der Waals surface area contributed by atoms with E-state index in [2.05, 4.69) is 29.4 Å². The van der Waals surface area contributed by atoms with Gasteiger partial charge in [0.2, 0.25) is 0 Å². The Morgan fingerprint density at radius 3 is 1.88 bits per heavy atom. The second kappa shape index (κ2) is 5.49. The van der Waals surface area contributed by atoms with Crippen molar-refractivity contribution in [1.29, 1.82) is 0 Å². The third-order valence-electron chi connectivity index (χ3n) is 4.63. The fraction of sp³-hybridized carbons (Fsp3) is 0.867. The lowest BCUT2D eigenvalue weighted by molar-refractivity contribution is 0.333. The van der Waals surface area contributed by atoms with Gasteiger partial charge in [0.05, 0.1) is 4.58 Å². The van der Waals surface area contributed by atoms with Crippen molar-refractivity contribution in [2.24, 2.45) is 23.7 Å². The quantitative estimate of drug-likeness (QED) is 0.685. The van der Waals surface area contributed by atoms with E-state index in [1.54, 1.807) is 0 Å². The Balaban J connectivity index is 1.45. The van der Waals surface area contributed by atoms with Crippen molar-refractivity contribution < 1.29 is 0 Å². The van der Waals surface area contributed by atoms with Gasteiger partial charge in [0.1, 0.15) is 0 Å². The fourth-order valence-electron chi connectivity index (χ4n) is 3.20. The molecule has 3 fully saturated rings. The molecule has 3 aliphatic rings. The van der Waals surface area contributed by atoms with Crippen LogP contribution in [0.4, 0.5) is 0 Å². The van der Waals surface area contributed by atoms with Gasteiger partial charge in [-0.2, -0.15) is 0 Å². The van der Waals surface area contributed by atoms with Crippen LogP contribution >= 0.6 is 23.5 Å². The molecule has 0 aromatic carbocycles. The van der Waals surface area contributed by atoms with Gasteiger partial charge in [0.25, 0.3) is 0 Å². The first-order valence-electron chi connectivity index (χ1n) is 7.06. The van der Waals surface area contributed by atoms with E-state index in [0.717, 1.165) is 22.3 Å². The molecule has 0 aromatic rings. The molecule has 0 amide bonds. The standard InChI is InChI=1S/C15H22S2/c1-2-11-3-5-13(6-4-11)15-16-9-14(10-17-15)12-7-8-12/h1,11-15H,3-10H2. The van der Waals surface area contributed by atoms with Gasteiger partial charge in [-0.3, -0.25) is 0 Å². The topological polar surface area (TPSA) is 0 Å². The summed E-state index contributed by atoms with van der Waals surface area (Å²) in [4.78, 5) is 0. The highest BCUT2D eigenvalue weighted by Gasteiger charge is 2.37. The minimum atomic E-state index is 0.587. The summed E-state index contributed by atoms with van der Waals surface area (Å²) in [7, 11) is 0. The highest BCUT2D eigenvalue weighted by Crippen LogP contribution is 2.49. The van der Waals surface area contributed by atoms with Crippen LogP contribution in [0, 0.1) is 36.0 Å². The van der Waals surface area contributed by atoms with Crippen LogP contribution in [0.15, 0.2) is 0 Å². The van der Waals surface area contributed by atoms with E-state index in [4.69, 9.17) is 6.42 Å². The zero-order chi connectivity index (χ0) is 11.7. The average Bonchev–Trinajstić information content (AvgIpc) is 3.24. The van der Waals surface area contributed by atoms with Gasteiger partial charge >= 0.3 is 0 Å². The van der Waals surface area contributed by atoms with E-state index >= 15 is 0 Å². The fourth-order valence-corrected chi connectivity index (χ4v) is 6.95. The van der Waals surface area contributed by atoms with Crippen LogP contribution in [-0.2, 0) is 0 Å². The first-order chi connectivity index (χ1) is 8.36. The Labute approximate surface area is 114 Å². The monoisotopic (exact) mass is 266 g/mol. The molecule has 0 spiro atoms. The van der Waals surface area contributed by atoms with Crippen LogP contribution < -0.4 is 0 Å². The molecule has 2 heteroatoms. The molecule has 0 unspecified atom stereocenters. The average molecular weight is 266 g/mol. The molecule has 0 bridgehead atoms. The molecular formula is C15H22S2. The van der Waals surface area contributed by atoms with E-state index in [1.165, 1.54) is 50.0 Å². The van der Waals surface area contributed by atoms with Crippen LogP contribution in [0.2, 0.25) is 0 Å². The smallest absolute Gasteiger partial charge is 0.0530 e. The summed E-state index contributed by atoms with van der Waals surface area (Å²) in [5.74, 6) is 9.52. The Morgan fingerprint density at radius 1 is 0.765 bits per heavy atom. The van der Waals surface area contributed by atoms with Gasteiger partial charge in [-0.25, -0.2) is 0 Å². The van der Waals surface area contributed by atoms with Gasteiger partial charge in [-0.1, -0.05) is 0 Å². The summed E-state index contributed by atoms with van der Waals surface area (Å²) in [5, 5.41) is 0. The Hall–Kier alpha value is 0.260. The Kier molecular flexibility index (Phi) is 3.97. The van der Waals surface area contributed by atoms with Crippen molar-refractivity contribution in [3.63, 3.8) is 0 Å². The largest absolute Gasteiger partial charge is 0.147 e. The molecule has 1 heterocycles. The molecule has 0 atom stereocenters. The number of rotatable bonds is 2. The maximum absolute atomic E-state index is 5.53. The van der Waals surface area contributed by atoms with Gasteiger partial charge in [0.15, 0.2) is 0 Å². The van der Waals surface area contributed by atoms with Gasteiger partial charge in [0, 0.05) is 5.92 Å². The van der Waals surface area contributed by atoms with Crippen LogP contribution in [0.1, 0.15) is 38.5 Å². The van der Waals surface area contributed by atoms with E-state index in [0.29, 0.717) is 5.92 Å².